The summed E-state index contributed by atoms with van der Waals surface area (Å²) in [5.41, 5.74) is 0.935. The van der Waals surface area contributed by atoms with Crippen molar-refractivity contribution < 1.29 is 9.72 Å². The van der Waals surface area contributed by atoms with Crippen molar-refractivity contribution in [3.63, 3.8) is 0 Å². The number of anilines is 1. The second-order valence-corrected chi connectivity index (χ2v) is 8.71. The molecule has 0 bridgehead atoms. The Balaban J connectivity index is 1.77. The molecule has 8 heteroatoms. The monoisotopic (exact) mass is 426 g/mol. The number of piperidine rings is 1. The molecule has 30 heavy (non-hydrogen) atoms. The van der Waals surface area contributed by atoms with E-state index in [1.54, 1.807) is 28.8 Å². The summed E-state index contributed by atoms with van der Waals surface area (Å²) in [6, 6.07) is 13.3. The van der Waals surface area contributed by atoms with Crippen LogP contribution in [-0.4, -0.2) is 55.0 Å². The van der Waals surface area contributed by atoms with Crippen molar-refractivity contribution in [2.45, 2.75) is 29.1 Å². The molecule has 0 saturated carbocycles. The minimum atomic E-state index is -0.417. The zero-order valence-electron chi connectivity index (χ0n) is 16.9. The van der Waals surface area contributed by atoms with Crippen molar-refractivity contribution in [1.82, 2.24) is 10.2 Å². The van der Waals surface area contributed by atoms with Gasteiger partial charge < -0.3 is 15.1 Å². The highest BCUT2D eigenvalue weighted by molar-refractivity contribution is 7.99. The Kier molecular flexibility index (Phi) is 6.54. The van der Waals surface area contributed by atoms with E-state index < -0.39 is 4.92 Å². The summed E-state index contributed by atoms with van der Waals surface area (Å²) in [4.78, 5) is 30.6. The number of benzene rings is 2. The topological polar surface area (TPSA) is 78.7 Å². The van der Waals surface area contributed by atoms with Gasteiger partial charge in [-0.05, 0) is 37.5 Å². The summed E-state index contributed by atoms with van der Waals surface area (Å²) >= 11 is 1.56. The van der Waals surface area contributed by atoms with Gasteiger partial charge >= 0.3 is 0 Å². The summed E-state index contributed by atoms with van der Waals surface area (Å²) in [7, 11) is 0. The van der Waals surface area contributed by atoms with Crippen LogP contribution in [0.1, 0.15) is 29.6 Å². The fourth-order valence-corrected chi connectivity index (χ4v) is 5.01. The molecule has 0 unspecified atom stereocenters. The summed E-state index contributed by atoms with van der Waals surface area (Å²) in [6.07, 6.45) is 3.33. The Hall–Kier alpha value is -2.58. The van der Waals surface area contributed by atoms with Gasteiger partial charge in [0.2, 0.25) is 0 Å². The Morgan fingerprint density at radius 1 is 1.00 bits per heavy atom. The van der Waals surface area contributed by atoms with E-state index in [4.69, 9.17) is 0 Å². The van der Waals surface area contributed by atoms with E-state index in [1.807, 2.05) is 30.3 Å². The quantitative estimate of drug-likeness (QED) is 0.579. The zero-order valence-corrected chi connectivity index (χ0v) is 17.7. The van der Waals surface area contributed by atoms with Gasteiger partial charge in [-0.25, -0.2) is 0 Å². The van der Waals surface area contributed by atoms with Crippen LogP contribution in [0.25, 0.3) is 0 Å². The maximum absolute atomic E-state index is 13.2. The molecule has 158 valence electrons. The summed E-state index contributed by atoms with van der Waals surface area (Å²) in [6.45, 7) is 4.29. The van der Waals surface area contributed by atoms with Gasteiger partial charge in [0, 0.05) is 55.1 Å². The predicted octanol–water partition coefficient (Wildman–Crippen LogP) is 3.78. The maximum atomic E-state index is 13.2. The minimum absolute atomic E-state index is 0.100. The van der Waals surface area contributed by atoms with Crippen LogP contribution in [0.3, 0.4) is 0 Å². The minimum Gasteiger partial charge on any atom is -0.370 e. The number of hydrogen-bond donors (Lipinski definition) is 1. The molecule has 0 aliphatic carbocycles. The van der Waals surface area contributed by atoms with Crippen molar-refractivity contribution >= 4 is 29.0 Å². The first kappa shape index (κ1) is 20.7. The molecule has 2 aromatic carbocycles. The van der Waals surface area contributed by atoms with Crippen molar-refractivity contribution in [3.05, 3.63) is 58.1 Å². The molecule has 2 heterocycles. The molecular formula is C22H26N4O3S. The van der Waals surface area contributed by atoms with Crippen molar-refractivity contribution in [3.8, 4) is 0 Å². The van der Waals surface area contributed by atoms with E-state index in [0.717, 1.165) is 41.4 Å². The fraction of sp³-hybridized carbons (Fsp3) is 0.409. The summed E-state index contributed by atoms with van der Waals surface area (Å²) in [5, 5.41) is 15.1. The van der Waals surface area contributed by atoms with Crippen LogP contribution in [0.2, 0.25) is 0 Å². The highest BCUT2D eigenvalue weighted by atomic mass is 32.2. The Morgan fingerprint density at radius 2 is 1.70 bits per heavy atom. The van der Waals surface area contributed by atoms with Gasteiger partial charge in [-0.15, -0.1) is 0 Å². The average Bonchev–Trinajstić information content (AvgIpc) is 2.80. The highest BCUT2D eigenvalue weighted by Gasteiger charge is 2.29. The molecule has 1 N–H and O–H groups in total. The first-order valence-corrected chi connectivity index (χ1v) is 11.3. The van der Waals surface area contributed by atoms with Crippen LogP contribution >= 0.6 is 11.8 Å². The molecule has 0 radical (unpaired) electrons. The maximum Gasteiger partial charge on any atom is 0.284 e. The molecule has 0 atom stereocenters. The molecule has 7 nitrogen and oxygen atoms in total. The average molecular weight is 427 g/mol. The van der Waals surface area contributed by atoms with Crippen LogP contribution in [-0.2, 0) is 0 Å². The smallest absolute Gasteiger partial charge is 0.284 e. The SMILES string of the molecule is O=C(c1cc(Sc2ccccc2)c(N2CCCCC2)cc1[N+](=O)[O-])N1CCNCC1. The fourth-order valence-electron chi connectivity index (χ4n) is 4.00. The molecule has 0 spiro atoms. The molecule has 4 rings (SSSR count). The second kappa shape index (κ2) is 9.49. The zero-order chi connectivity index (χ0) is 20.9. The largest absolute Gasteiger partial charge is 0.370 e. The number of nitrogens with one attached hydrogen (secondary N) is 1. The highest BCUT2D eigenvalue weighted by Crippen LogP contribution is 2.40. The number of nitro benzene ring substituents is 1. The van der Waals surface area contributed by atoms with Gasteiger partial charge in [0.25, 0.3) is 11.6 Å². The van der Waals surface area contributed by atoms with Crippen LogP contribution in [0.5, 0.6) is 0 Å². The van der Waals surface area contributed by atoms with E-state index in [0.29, 0.717) is 26.2 Å². The lowest BCUT2D eigenvalue weighted by molar-refractivity contribution is -0.385. The predicted molar refractivity (Wildman–Crippen MR) is 118 cm³/mol. The van der Waals surface area contributed by atoms with E-state index >= 15 is 0 Å². The number of nitro groups is 1. The standard InChI is InChI=1S/C22H26N4O3S/c27-22(25-13-9-23-10-14-25)18-15-21(30-17-7-3-1-4-8-17)20(16-19(18)26(28)29)24-11-5-2-6-12-24/h1,3-4,7-8,15-16,23H,2,5-6,9-14H2. The summed E-state index contributed by atoms with van der Waals surface area (Å²) < 4.78 is 0. The molecule has 0 aromatic heterocycles. The number of amides is 1. The van der Waals surface area contributed by atoms with Crippen molar-refractivity contribution in [2.24, 2.45) is 0 Å². The molecule has 2 aliphatic heterocycles. The van der Waals surface area contributed by atoms with Gasteiger partial charge in [0.15, 0.2) is 0 Å². The third-order valence-electron chi connectivity index (χ3n) is 5.58. The Bertz CT molecular complexity index is 910. The van der Waals surface area contributed by atoms with E-state index in [2.05, 4.69) is 10.2 Å². The molecule has 2 fully saturated rings. The van der Waals surface area contributed by atoms with Crippen molar-refractivity contribution in [2.75, 3.05) is 44.2 Å². The molecular weight excluding hydrogens is 400 g/mol. The van der Waals surface area contributed by atoms with Gasteiger partial charge in [0.1, 0.15) is 5.56 Å². The van der Waals surface area contributed by atoms with E-state index in [1.165, 1.54) is 6.42 Å². The number of piperazine rings is 1. The normalized spacial score (nSPS) is 17.1. The van der Waals surface area contributed by atoms with Crippen LogP contribution in [0.15, 0.2) is 52.3 Å². The van der Waals surface area contributed by atoms with Gasteiger partial charge in [-0.1, -0.05) is 30.0 Å². The van der Waals surface area contributed by atoms with Crippen LogP contribution < -0.4 is 10.2 Å². The van der Waals surface area contributed by atoms with Crippen LogP contribution in [0, 0.1) is 10.1 Å². The first-order chi connectivity index (χ1) is 14.6. The number of rotatable bonds is 5. The van der Waals surface area contributed by atoms with E-state index in [9.17, 15) is 14.9 Å². The number of carbonyl (C=O) groups is 1. The Labute approximate surface area is 180 Å². The second-order valence-electron chi connectivity index (χ2n) is 7.60. The van der Waals surface area contributed by atoms with E-state index in [-0.39, 0.29) is 17.2 Å². The molecule has 2 aliphatic rings. The van der Waals surface area contributed by atoms with Crippen molar-refractivity contribution in [1.29, 1.82) is 0 Å². The van der Waals surface area contributed by atoms with Crippen LogP contribution in [0.4, 0.5) is 11.4 Å². The number of carbonyl (C=O) groups excluding carboxylic acids is 1. The Morgan fingerprint density at radius 3 is 2.37 bits per heavy atom. The molecule has 2 aromatic rings. The lowest BCUT2D eigenvalue weighted by Gasteiger charge is -2.31. The van der Waals surface area contributed by atoms with Gasteiger partial charge in [0.05, 0.1) is 10.6 Å². The van der Waals surface area contributed by atoms with Gasteiger partial charge in [-0.3, -0.25) is 14.9 Å². The molecule has 1 amide bonds. The third-order valence-corrected chi connectivity index (χ3v) is 6.63. The lowest BCUT2D eigenvalue weighted by Crippen LogP contribution is -2.46. The number of nitrogens with zero attached hydrogens (tertiary/aromatic N) is 3. The molecule has 2 saturated heterocycles. The number of hydrogen-bond acceptors (Lipinski definition) is 6. The first-order valence-electron chi connectivity index (χ1n) is 10.4. The van der Waals surface area contributed by atoms with Gasteiger partial charge in [-0.2, -0.15) is 0 Å². The lowest BCUT2D eigenvalue weighted by atomic mass is 10.1. The third kappa shape index (κ3) is 4.60. The summed E-state index contributed by atoms with van der Waals surface area (Å²) in [5.74, 6) is -0.261.